The van der Waals surface area contributed by atoms with Crippen LogP contribution in [0.25, 0.3) is 0 Å². The SMILES string of the molecule is CC(C)C(C)Cn1cncn1. The van der Waals surface area contributed by atoms with Crippen molar-refractivity contribution in [3.8, 4) is 0 Å². The quantitative estimate of drug-likeness (QED) is 0.660. The van der Waals surface area contributed by atoms with E-state index in [1.54, 1.807) is 12.7 Å². The van der Waals surface area contributed by atoms with E-state index in [0.29, 0.717) is 11.8 Å². The van der Waals surface area contributed by atoms with Gasteiger partial charge in [0.1, 0.15) is 12.7 Å². The Morgan fingerprint density at radius 3 is 2.55 bits per heavy atom. The van der Waals surface area contributed by atoms with Crippen molar-refractivity contribution < 1.29 is 0 Å². The van der Waals surface area contributed by atoms with E-state index >= 15 is 0 Å². The molecule has 0 saturated heterocycles. The molecule has 62 valence electrons. The Morgan fingerprint density at radius 1 is 1.36 bits per heavy atom. The third-order valence-corrected chi connectivity index (χ3v) is 2.08. The van der Waals surface area contributed by atoms with Gasteiger partial charge in [-0.3, -0.25) is 4.68 Å². The first kappa shape index (κ1) is 8.24. The van der Waals surface area contributed by atoms with Gasteiger partial charge in [0.15, 0.2) is 0 Å². The number of nitrogens with zero attached hydrogens (tertiary/aromatic N) is 3. The molecule has 1 rings (SSSR count). The topological polar surface area (TPSA) is 30.7 Å². The minimum atomic E-state index is 0.664. The molecule has 1 heterocycles. The van der Waals surface area contributed by atoms with Gasteiger partial charge in [-0.2, -0.15) is 5.10 Å². The number of rotatable bonds is 3. The lowest BCUT2D eigenvalue weighted by atomic mass is 9.98. The molecule has 1 aromatic heterocycles. The van der Waals surface area contributed by atoms with E-state index in [1.165, 1.54) is 0 Å². The Morgan fingerprint density at radius 2 is 2.09 bits per heavy atom. The summed E-state index contributed by atoms with van der Waals surface area (Å²) in [5, 5.41) is 4.04. The number of aromatic nitrogens is 3. The Labute approximate surface area is 67.4 Å². The maximum atomic E-state index is 4.04. The van der Waals surface area contributed by atoms with Gasteiger partial charge in [-0.25, -0.2) is 4.98 Å². The lowest BCUT2D eigenvalue weighted by molar-refractivity contribution is 0.348. The number of hydrogen-bond donors (Lipinski definition) is 0. The van der Waals surface area contributed by atoms with Gasteiger partial charge in [0, 0.05) is 6.54 Å². The first-order valence-electron chi connectivity index (χ1n) is 4.02. The van der Waals surface area contributed by atoms with E-state index in [4.69, 9.17) is 0 Å². The normalized spacial score (nSPS) is 13.8. The van der Waals surface area contributed by atoms with Gasteiger partial charge in [0.2, 0.25) is 0 Å². The van der Waals surface area contributed by atoms with Crippen molar-refractivity contribution in [3.05, 3.63) is 12.7 Å². The Hall–Kier alpha value is -0.860. The Bertz CT molecular complexity index is 191. The molecule has 0 N–H and O–H groups in total. The molecule has 1 unspecified atom stereocenters. The molecular weight excluding hydrogens is 138 g/mol. The van der Waals surface area contributed by atoms with Gasteiger partial charge in [0.25, 0.3) is 0 Å². The van der Waals surface area contributed by atoms with Crippen LogP contribution >= 0.6 is 0 Å². The molecule has 0 radical (unpaired) electrons. The summed E-state index contributed by atoms with van der Waals surface area (Å²) in [5.41, 5.74) is 0. The second-order valence-electron chi connectivity index (χ2n) is 3.34. The van der Waals surface area contributed by atoms with Crippen molar-refractivity contribution in [1.82, 2.24) is 14.8 Å². The molecule has 0 aliphatic carbocycles. The average molecular weight is 153 g/mol. The molecule has 0 fully saturated rings. The Kier molecular flexibility index (Phi) is 2.63. The van der Waals surface area contributed by atoms with Crippen molar-refractivity contribution in [2.75, 3.05) is 0 Å². The van der Waals surface area contributed by atoms with E-state index in [2.05, 4.69) is 30.9 Å². The van der Waals surface area contributed by atoms with Crippen LogP contribution in [0.1, 0.15) is 20.8 Å². The van der Waals surface area contributed by atoms with Crippen LogP contribution in [0.5, 0.6) is 0 Å². The maximum absolute atomic E-state index is 4.04. The van der Waals surface area contributed by atoms with Crippen LogP contribution < -0.4 is 0 Å². The fraction of sp³-hybridized carbons (Fsp3) is 0.750. The lowest BCUT2D eigenvalue weighted by Gasteiger charge is -2.14. The second-order valence-corrected chi connectivity index (χ2v) is 3.34. The first-order chi connectivity index (χ1) is 5.20. The van der Waals surface area contributed by atoms with Gasteiger partial charge < -0.3 is 0 Å². The van der Waals surface area contributed by atoms with Crippen LogP contribution in [-0.2, 0) is 6.54 Å². The summed E-state index contributed by atoms with van der Waals surface area (Å²) in [6.07, 6.45) is 3.34. The fourth-order valence-electron chi connectivity index (χ4n) is 0.833. The van der Waals surface area contributed by atoms with Crippen molar-refractivity contribution in [3.63, 3.8) is 0 Å². The summed E-state index contributed by atoms with van der Waals surface area (Å²) in [6, 6.07) is 0. The minimum Gasteiger partial charge on any atom is -0.253 e. The summed E-state index contributed by atoms with van der Waals surface area (Å²) < 4.78 is 1.88. The fourth-order valence-corrected chi connectivity index (χ4v) is 0.833. The lowest BCUT2D eigenvalue weighted by Crippen LogP contribution is -2.13. The highest BCUT2D eigenvalue weighted by atomic mass is 15.3. The van der Waals surface area contributed by atoms with E-state index in [9.17, 15) is 0 Å². The van der Waals surface area contributed by atoms with Crippen molar-refractivity contribution in [1.29, 1.82) is 0 Å². The second kappa shape index (κ2) is 3.51. The zero-order chi connectivity index (χ0) is 8.27. The van der Waals surface area contributed by atoms with Crippen LogP contribution in [0.2, 0.25) is 0 Å². The third kappa shape index (κ3) is 2.33. The molecular formula is C8H15N3. The summed E-state index contributed by atoms with van der Waals surface area (Å²) in [7, 11) is 0. The van der Waals surface area contributed by atoms with Gasteiger partial charge in [-0.1, -0.05) is 20.8 Å². The van der Waals surface area contributed by atoms with Gasteiger partial charge in [0.05, 0.1) is 0 Å². The molecule has 0 aromatic carbocycles. The van der Waals surface area contributed by atoms with Crippen LogP contribution in [0, 0.1) is 11.8 Å². The van der Waals surface area contributed by atoms with Crippen molar-refractivity contribution in [2.24, 2.45) is 11.8 Å². The molecule has 3 heteroatoms. The monoisotopic (exact) mass is 153 g/mol. The van der Waals surface area contributed by atoms with Crippen LogP contribution in [0.4, 0.5) is 0 Å². The Balaban J connectivity index is 2.43. The van der Waals surface area contributed by atoms with Gasteiger partial charge in [-0.05, 0) is 11.8 Å². The smallest absolute Gasteiger partial charge is 0.137 e. The van der Waals surface area contributed by atoms with E-state index in [0.717, 1.165) is 6.54 Å². The van der Waals surface area contributed by atoms with Gasteiger partial charge in [-0.15, -0.1) is 0 Å². The molecule has 1 atom stereocenters. The van der Waals surface area contributed by atoms with Crippen molar-refractivity contribution in [2.45, 2.75) is 27.3 Å². The maximum Gasteiger partial charge on any atom is 0.137 e. The summed E-state index contributed by atoms with van der Waals surface area (Å²) in [6.45, 7) is 7.65. The molecule has 0 bridgehead atoms. The molecule has 0 aliphatic rings. The predicted molar refractivity (Wildman–Crippen MR) is 44.0 cm³/mol. The summed E-state index contributed by atoms with van der Waals surface area (Å²) in [4.78, 5) is 3.89. The highest BCUT2D eigenvalue weighted by Crippen LogP contribution is 2.10. The first-order valence-corrected chi connectivity index (χ1v) is 4.02. The zero-order valence-electron chi connectivity index (χ0n) is 7.36. The van der Waals surface area contributed by atoms with Crippen molar-refractivity contribution >= 4 is 0 Å². The molecule has 3 nitrogen and oxygen atoms in total. The minimum absolute atomic E-state index is 0.664. The van der Waals surface area contributed by atoms with Crippen LogP contribution in [0.15, 0.2) is 12.7 Å². The van der Waals surface area contributed by atoms with Gasteiger partial charge >= 0.3 is 0 Å². The van der Waals surface area contributed by atoms with Crippen LogP contribution in [-0.4, -0.2) is 14.8 Å². The largest absolute Gasteiger partial charge is 0.253 e. The molecule has 1 aromatic rings. The molecule has 11 heavy (non-hydrogen) atoms. The van der Waals surface area contributed by atoms with Crippen LogP contribution in [0.3, 0.4) is 0 Å². The molecule has 0 spiro atoms. The standard InChI is InChI=1S/C8H15N3/c1-7(2)8(3)4-11-6-9-5-10-11/h5-8H,4H2,1-3H3. The average Bonchev–Trinajstić information content (AvgIpc) is 2.39. The zero-order valence-corrected chi connectivity index (χ0v) is 7.36. The van der Waals surface area contributed by atoms with E-state index in [-0.39, 0.29) is 0 Å². The molecule has 0 aliphatic heterocycles. The molecule has 0 saturated carbocycles. The highest BCUT2D eigenvalue weighted by Gasteiger charge is 2.07. The van der Waals surface area contributed by atoms with E-state index < -0.39 is 0 Å². The third-order valence-electron chi connectivity index (χ3n) is 2.08. The van der Waals surface area contributed by atoms with E-state index in [1.807, 2.05) is 4.68 Å². The molecule has 0 amide bonds. The highest BCUT2D eigenvalue weighted by molar-refractivity contribution is 4.61. The predicted octanol–water partition coefficient (Wildman–Crippen LogP) is 1.57. The number of hydrogen-bond acceptors (Lipinski definition) is 2. The summed E-state index contributed by atoms with van der Waals surface area (Å²) >= 11 is 0. The summed E-state index contributed by atoms with van der Waals surface area (Å²) in [5.74, 6) is 1.37.